The van der Waals surface area contributed by atoms with Gasteiger partial charge < -0.3 is 15.9 Å². The van der Waals surface area contributed by atoms with Crippen LogP contribution in [-0.4, -0.2) is 44.8 Å². The third kappa shape index (κ3) is 5.70. The lowest BCUT2D eigenvalue weighted by Gasteiger charge is -2.35. The minimum Gasteiger partial charge on any atom is -0.480 e. The van der Waals surface area contributed by atoms with E-state index in [9.17, 15) is 33.0 Å². The van der Waals surface area contributed by atoms with E-state index in [4.69, 9.17) is 5.73 Å². The van der Waals surface area contributed by atoms with Crippen molar-refractivity contribution >= 4 is 34.4 Å². The van der Waals surface area contributed by atoms with Gasteiger partial charge in [-0.3, -0.25) is 9.36 Å². The molecule has 1 atom stereocenters. The number of nitrogens with two attached hydrogens (primary N) is 1. The summed E-state index contributed by atoms with van der Waals surface area (Å²) < 4.78 is 44.3. The fourth-order valence-corrected chi connectivity index (χ4v) is 6.55. The summed E-state index contributed by atoms with van der Waals surface area (Å²) in [6.07, 6.45) is -3.41. The second kappa shape index (κ2) is 11.6. The van der Waals surface area contributed by atoms with Gasteiger partial charge in [0.25, 0.3) is 5.56 Å². The van der Waals surface area contributed by atoms with Gasteiger partial charge in [0, 0.05) is 31.7 Å². The molecule has 0 bridgehead atoms. The highest BCUT2D eigenvalue weighted by Gasteiger charge is 2.37. The van der Waals surface area contributed by atoms with E-state index < -0.39 is 29.3 Å². The Kier molecular flexibility index (Phi) is 8.12. The molecule has 214 valence electrons. The molecule has 11 heteroatoms. The van der Waals surface area contributed by atoms with Gasteiger partial charge in [0.2, 0.25) is 0 Å². The molecule has 1 aliphatic heterocycles. The Hall–Kier alpha value is -3.80. The monoisotopic (exact) mass is 583 g/mol. The van der Waals surface area contributed by atoms with Gasteiger partial charge in [-0.25, -0.2) is 9.10 Å². The average Bonchev–Trinajstić information content (AvgIpc) is 2.95. The average molecular weight is 584 g/mol. The lowest BCUT2D eigenvalue weighted by molar-refractivity contribution is -0.141. The molecule has 0 amide bonds. The first-order valence-corrected chi connectivity index (χ1v) is 13.8. The Bertz CT molecular complexity index is 1670. The number of fused-ring (bicyclic) bond motifs is 2. The van der Waals surface area contributed by atoms with Crippen LogP contribution in [-0.2, 0) is 17.4 Å². The number of aromatic nitrogens is 1. The first-order valence-electron chi connectivity index (χ1n) is 13.1. The van der Waals surface area contributed by atoms with Gasteiger partial charge in [0.1, 0.15) is 16.8 Å². The summed E-state index contributed by atoms with van der Waals surface area (Å²) >= 11 is 1.13. The summed E-state index contributed by atoms with van der Waals surface area (Å²) in [5, 5.41) is 21.4. The number of hydrogen-bond donors (Lipinski definition) is 3. The van der Waals surface area contributed by atoms with Gasteiger partial charge in [-0.05, 0) is 64.4 Å². The minimum absolute atomic E-state index is 0.0114. The summed E-state index contributed by atoms with van der Waals surface area (Å²) in [5.41, 5.74) is 6.33. The largest absolute Gasteiger partial charge is 0.480 e. The maximum atomic E-state index is 13.8. The second-order valence-electron chi connectivity index (χ2n) is 9.91. The van der Waals surface area contributed by atoms with E-state index in [0.29, 0.717) is 30.5 Å². The van der Waals surface area contributed by atoms with E-state index in [0.717, 1.165) is 45.0 Å². The van der Waals surface area contributed by atoms with Gasteiger partial charge in [0.15, 0.2) is 0 Å². The van der Waals surface area contributed by atoms with E-state index in [1.54, 1.807) is 4.31 Å². The zero-order valence-electron chi connectivity index (χ0n) is 21.9. The highest BCUT2D eigenvalue weighted by Crippen LogP contribution is 2.44. The number of aliphatic hydroxyl groups is 1. The standard InChI is InChI=1S/C30H28F3N3O4S/c31-30(32,33)21-11-6-10-20(15-21)25-23(16-19-9-5-8-18-7-1-2-12-22(18)19)26(34)27(38)36-24(29(39)40)17-35(41-28(25)36)13-3-4-14-37/h1-2,5-12,15,24,37H,3-4,13-14,16-17,34H2,(H,39,40). The van der Waals surface area contributed by atoms with Gasteiger partial charge >= 0.3 is 12.1 Å². The number of hydrogen-bond acceptors (Lipinski definition) is 6. The van der Waals surface area contributed by atoms with E-state index in [1.807, 2.05) is 42.5 Å². The molecule has 4 aromatic rings. The van der Waals surface area contributed by atoms with E-state index in [1.165, 1.54) is 12.1 Å². The van der Waals surface area contributed by atoms with E-state index >= 15 is 0 Å². The molecule has 5 rings (SSSR count). The predicted octanol–water partition coefficient (Wildman–Crippen LogP) is 5.58. The van der Waals surface area contributed by atoms with Crippen LogP contribution in [0.25, 0.3) is 21.9 Å². The molecule has 0 aliphatic carbocycles. The van der Waals surface area contributed by atoms with Crippen molar-refractivity contribution in [3.05, 3.63) is 93.8 Å². The van der Waals surface area contributed by atoms with Crippen LogP contribution in [0.1, 0.15) is 35.6 Å². The van der Waals surface area contributed by atoms with Crippen LogP contribution in [0.5, 0.6) is 0 Å². The molecule has 7 nitrogen and oxygen atoms in total. The number of carboxylic acid groups (broad SMARTS) is 1. The maximum absolute atomic E-state index is 13.8. The Balaban J connectivity index is 1.78. The number of carbonyl (C=O) groups is 1. The molecule has 3 aromatic carbocycles. The number of alkyl halides is 3. The SMILES string of the molecule is Nc1c(Cc2cccc3ccccc23)c(-c2cccc(C(F)(F)F)c2)c2n(c1=O)C(C(=O)O)CN(CCCCO)S2. The number of nitrogens with zero attached hydrogens (tertiary/aromatic N) is 2. The normalized spacial score (nSPS) is 15.7. The number of pyridine rings is 1. The number of anilines is 1. The van der Waals surface area contributed by atoms with Gasteiger partial charge in [0.05, 0.1) is 5.56 Å². The van der Waals surface area contributed by atoms with Crippen molar-refractivity contribution in [3.8, 4) is 11.1 Å². The summed E-state index contributed by atoms with van der Waals surface area (Å²) in [6, 6.07) is 16.8. The first kappa shape index (κ1) is 28.7. The lowest BCUT2D eigenvalue weighted by atomic mass is 9.92. The minimum atomic E-state index is -4.61. The van der Waals surface area contributed by atoms with Crippen LogP contribution < -0.4 is 11.3 Å². The Morgan fingerprint density at radius 3 is 2.51 bits per heavy atom. The van der Waals surface area contributed by atoms with Crippen LogP contribution in [0.2, 0.25) is 0 Å². The molecule has 1 unspecified atom stereocenters. The van der Waals surface area contributed by atoms with Gasteiger partial charge in [-0.2, -0.15) is 13.2 Å². The molecule has 1 aliphatic rings. The highest BCUT2D eigenvalue weighted by molar-refractivity contribution is 7.97. The molecule has 1 aromatic heterocycles. The summed E-state index contributed by atoms with van der Waals surface area (Å²) in [5.74, 6) is -1.25. The maximum Gasteiger partial charge on any atom is 0.416 e. The molecule has 0 fully saturated rings. The Labute approximate surface area is 238 Å². The quantitative estimate of drug-likeness (QED) is 0.184. The van der Waals surface area contributed by atoms with Crippen molar-refractivity contribution in [3.63, 3.8) is 0 Å². The van der Waals surface area contributed by atoms with Crippen LogP contribution >= 0.6 is 11.9 Å². The zero-order valence-corrected chi connectivity index (χ0v) is 22.7. The number of halogens is 3. The van der Waals surface area contributed by atoms with Crippen molar-refractivity contribution in [2.24, 2.45) is 0 Å². The number of carboxylic acids is 1. The molecule has 0 saturated heterocycles. The number of benzene rings is 3. The third-order valence-electron chi connectivity index (χ3n) is 7.24. The topological polar surface area (TPSA) is 109 Å². The smallest absolute Gasteiger partial charge is 0.416 e. The lowest BCUT2D eigenvalue weighted by Crippen LogP contribution is -2.43. The molecule has 2 heterocycles. The van der Waals surface area contributed by atoms with Crippen LogP contribution in [0, 0.1) is 0 Å². The molecule has 0 radical (unpaired) electrons. The molecular weight excluding hydrogens is 555 g/mol. The van der Waals surface area contributed by atoms with Crippen molar-refractivity contribution in [1.29, 1.82) is 0 Å². The van der Waals surface area contributed by atoms with E-state index in [-0.39, 0.29) is 35.8 Å². The van der Waals surface area contributed by atoms with Gasteiger partial charge in [-0.1, -0.05) is 54.6 Å². The molecule has 0 saturated carbocycles. The Morgan fingerprint density at radius 1 is 1.05 bits per heavy atom. The van der Waals surface area contributed by atoms with Crippen LogP contribution in [0.15, 0.2) is 76.6 Å². The predicted molar refractivity (Wildman–Crippen MR) is 153 cm³/mol. The van der Waals surface area contributed by atoms with Crippen LogP contribution in [0.4, 0.5) is 18.9 Å². The number of nitrogen functional groups attached to an aromatic ring is 1. The summed E-state index contributed by atoms with van der Waals surface area (Å²) in [7, 11) is 0. The highest BCUT2D eigenvalue weighted by atomic mass is 32.2. The van der Waals surface area contributed by atoms with Crippen molar-refractivity contribution in [1.82, 2.24) is 8.87 Å². The number of unbranched alkanes of at least 4 members (excludes halogenated alkanes) is 1. The number of rotatable bonds is 8. The number of aliphatic hydroxyl groups excluding tert-OH is 1. The molecular formula is C30H28F3N3O4S. The zero-order chi connectivity index (χ0) is 29.3. The van der Waals surface area contributed by atoms with Gasteiger partial charge in [-0.15, -0.1) is 0 Å². The summed E-state index contributed by atoms with van der Waals surface area (Å²) in [6.45, 7) is 0.370. The van der Waals surface area contributed by atoms with Crippen molar-refractivity contribution in [2.45, 2.75) is 36.5 Å². The molecule has 41 heavy (non-hydrogen) atoms. The van der Waals surface area contributed by atoms with E-state index in [2.05, 4.69) is 0 Å². The fraction of sp³-hybridized carbons (Fsp3) is 0.267. The Morgan fingerprint density at radius 2 is 1.78 bits per heavy atom. The molecule has 4 N–H and O–H groups in total. The van der Waals surface area contributed by atoms with Crippen molar-refractivity contribution < 1.29 is 28.2 Å². The molecule has 0 spiro atoms. The van der Waals surface area contributed by atoms with Crippen molar-refractivity contribution in [2.75, 3.05) is 25.4 Å². The first-order chi connectivity index (χ1) is 19.6. The number of aliphatic carboxylic acids is 1. The fourth-order valence-electron chi connectivity index (χ4n) is 5.24. The third-order valence-corrected chi connectivity index (χ3v) is 8.40. The summed E-state index contributed by atoms with van der Waals surface area (Å²) in [4.78, 5) is 26.1. The van der Waals surface area contributed by atoms with Crippen LogP contribution in [0.3, 0.4) is 0 Å². The second-order valence-corrected chi connectivity index (χ2v) is 11.0.